The molecule has 23 heavy (non-hydrogen) atoms. The number of furan rings is 1. The maximum atomic E-state index is 12.3. The second-order valence-corrected chi connectivity index (χ2v) is 6.42. The van der Waals surface area contributed by atoms with Crippen molar-refractivity contribution >= 4 is 21.5 Å². The average molecular weight is 331 g/mol. The molecule has 1 N–H and O–H groups in total. The molecule has 3 aromatic rings. The van der Waals surface area contributed by atoms with E-state index >= 15 is 0 Å². The smallest absolute Gasteiger partial charge is 0.295 e. The van der Waals surface area contributed by atoms with E-state index in [2.05, 4.69) is 9.71 Å². The number of ketones is 1. The van der Waals surface area contributed by atoms with Crippen LogP contribution < -0.4 is 4.72 Å². The van der Waals surface area contributed by atoms with Crippen LogP contribution in [0.3, 0.4) is 0 Å². The molecule has 0 fully saturated rings. The Kier molecular flexibility index (Phi) is 3.75. The van der Waals surface area contributed by atoms with E-state index in [1.165, 1.54) is 42.7 Å². The molecule has 0 aliphatic heterocycles. The van der Waals surface area contributed by atoms with E-state index in [0.717, 1.165) is 0 Å². The first-order chi connectivity index (χ1) is 11.0. The first-order valence-corrected chi connectivity index (χ1v) is 8.14. The number of nitrogens with zero attached hydrogens (tertiary/aromatic N) is 2. The molecule has 7 nitrogen and oxygen atoms in total. The van der Waals surface area contributed by atoms with E-state index in [1.54, 1.807) is 24.0 Å². The standard InChI is InChI=1S/C15H13N3O4S/c1-18-9-8-16-15(18)14(19)11-4-6-12(7-5-11)17-23(20,21)13-3-2-10-22-13/h2-10,17H,1H3. The lowest BCUT2D eigenvalue weighted by molar-refractivity contribution is 0.102. The third-order valence-electron chi connectivity index (χ3n) is 3.18. The summed E-state index contributed by atoms with van der Waals surface area (Å²) in [6, 6.07) is 8.94. The highest BCUT2D eigenvalue weighted by Gasteiger charge is 2.18. The summed E-state index contributed by atoms with van der Waals surface area (Å²) < 4.78 is 32.9. The van der Waals surface area contributed by atoms with Crippen molar-refractivity contribution in [2.24, 2.45) is 7.05 Å². The second kappa shape index (κ2) is 5.73. The van der Waals surface area contributed by atoms with Gasteiger partial charge in [-0.05, 0) is 36.4 Å². The van der Waals surface area contributed by atoms with Crippen molar-refractivity contribution in [3.05, 3.63) is 66.4 Å². The van der Waals surface area contributed by atoms with E-state index in [4.69, 9.17) is 4.42 Å². The van der Waals surface area contributed by atoms with Gasteiger partial charge >= 0.3 is 0 Å². The van der Waals surface area contributed by atoms with Crippen LogP contribution in [0.15, 0.2) is 64.6 Å². The molecule has 8 heteroatoms. The molecule has 0 aliphatic rings. The minimum Gasteiger partial charge on any atom is -0.451 e. The lowest BCUT2D eigenvalue weighted by atomic mass is 10.1. The summed E-state index contributed by atoms with van der Waals surface area (Å²) in [5.74, 6) is 0.0758. The minimum absolute atomic E-state index is 0.175. The van der Waals surface area contributed by atoms with E-state index in [1.807, 2.05) is 0 Å². The van der Waals surface area contributed by atoms with Gasteiger partial charge in [-0.2, -0.15) is 8.42 Å². The molecule has 0 saturated carbocycles. The molecule has 0 bridgehead atoms. The Morgan fingerprint density at radius 2 is 1.96 bits per heavy atom. The van der Waals surface area contributed by atoms with Crippen molar-refractivity contribution in [1.82, 2.24) is 9.55 Å². The van der Waals surface area contributed by atoms with E-state index in [9.17, 15) is 13.2 Å². The Hall–Kier alpha value is -2.87. The van der Waals surface area contributed by atoms with Crippen LogP contribution in [0.5, 0.6) is 0 Å². The Bertz CT molecular complexity index is 926. The summed E-state index contributed by atoms with van der Waals surface area (Å²) >= 11 is 0. The molecular weight excluding hydrogens is 318 g/mol. The van der Waals surface area contributed by atoms with Gasteiger partial charge in [-0.15, -0.1) is 0 Å². The zero-order valence-corrected chi connectivity index (χ0v) is 12.9. The van der Waals surface area contributed by atoms with Gasteiger partial charge in [0.05, 0.1) is 6.26 Å². The van der Waals surface area contributed by atoms with Gasteiger partial charge in [0.25, 0.3) is 10.0 Å². The van der Waals surface area contributed by atoms with Gasteiger partial charge in [0.15, 0.2) is 5.82 Å². The van der Waals surface area contributed by atoms with Crippen molar-refractivity contribution in [3.8, 4) is 0 Å². The van der Waals surface area contributed by atoms with Gasteiger partial charge in [0, 0.05) is 30.7 Å². The lowest BCUT2D eigenvalue weighted by Crippen LogP contribution is -2.12. The summed E-state index contributed by atoms with van der Waals surface area (Å²) in [7, 11) is -2.04. The van der Waals surface area contributed by atoms with Crippen molar-refractivity contribution in [1.29, 1.82) is 0 Å². The van der Waals surface area contributed by atoms with Crippen LogP contribution in [-0.2, 0) is 17.1 Å². The molecule has 0 spiro atoms. The van der Waals surface area contributed by atoms with Crippen LogP contribution in [0, 0.1) is 0 Å². The molecular formula is C15H13N3O4S. The monoisotopic (exact) mass is 331 g/mol. The van der Waals surface area contributed by atoms with Crippen LogP contribution in [0.2, 0.25) is 0 Å². The van der Waals surface area contributed by atoms with Crippen molar-refractivity contribution in [3.63, 3.8) is 0 Å². The number of carbonyl (C=O) groups is 1. The van der Waals surface area contributed by atoms with Crippen molar-refractivity contribution in [2.75, 3.05) is 4.72 Å². The minimum atomic E-state index is -3.77. The number of carbonyl (C=O) groups excluding carboxylic acids is 1. The number of sulfonamides is 1. The molecule has 0 unspecified atom stereocenters. The molecule has 1 aromatic carbocycles. The van der Waals surface area contributed by atoms with Gasteiger partial charge in [-0.1, -0.05) is 0 Å². The molecule has 118 valence electrons. The number of anilines is 1. The van der Waals surface area contributed by atoms with Gasteiger partial charge < -0.3 is 8.98 Å². The maximum absolute atomic E-state index is 12.3. The number of aryl methyl sites for hydroxylation is 1. The maximum Gasteiger partial charge on any atom is 0.295 e. The normalized spacial score (nSPS) is 11.3. The number of aromatic nitrogens is 2. The quantitative estimate of drug-likeness (QED) is 0.722. The number of benzene rings is 1. The highest BCUT2D eigenvalue weighted by atomic mass is 32.2. The Labute approximate surface area is 132 Å². The molecule has 2 heterocycles. The zero-order chi connectivity index (χ0) is 16.4. The van der Waals surface area contributed by atoms with Crippen LogP contribution in [-0.4, -0.2) is 23.8 Å². The highest BCUT2D eigenvalue weighted by molar-refractivity contribution is 7.92. The lowest BCUT2D eigenvalue weighted by Gasteiger charge is -2.06. The third kappa shape index (κ3) is 3.02. The SMILES string of the molecule is Cn1ccnc1C(=O)c1ccc(NS(=O)(=O)c2ccco2)cc1. The predicted octanol–water partition coefficient (Wildman–Crippen LogP) is 2.04. The number of hydrogen-bond acceptors (Lipinski definition) is 5. The first kappa shape index (κ1) is 15.0. The highest BCUT2D eigenvalue weighted by Crippen LogP contribution is 2.18. The van der Waals surface area contributed by atoms with Crippen LogP contribution in [0.1, 0.15) is 16.2 Å². The van der Waals surface area contributed by atoms with Gasteiger partial charge in [0.1, 0.15) is 0 Å². The summed E-state index contributed by atoms with van der Waals surface area (Å²) in [5.41, 5.74) is 0.748. The Balaban J connectivity index is 1.80. The summed E-state index contributed by atoms with van der Waals surface area (Å²) in [6.45, 7) is 0. The van der Waals surface area contributed by atoms with Crippen molar-refractivity contribution < 1.29 is 17.6 Å². The molecule has 2 aromatic heterocycles. The van der Waals surface area contributed by atoms with Gasteiger partial charge in [0.2, 0.25) is 10.9 Å². The number of hydrogen-bond donors (Lipinski definition) is 1. The largest absolute Gasteiger partial charge is 0.451 e. The summed E-state index contributed by atoms with van der Waals surface area (Å²) in [6.07, 6.45) is 4.50. The fourth-order valence-corrected chi connectivity index (χ4v) is 3.01. The molecule has 0 radical (unpaired) electrons. The Morgan fingerprint density at radius 3 is 2.52 bits per heavy atom. The number of rotatable bonds is 5. The molecule has 0 atom stereocenters. The second-order valence-electron chi connectivity index (χ2n) is 4.81. The summed E-state index contributed by atoms with van der Waals surface area (Å²) in [5, 5.41) is -0.175. The van der Waals surface area contributed by atoms with Gasteiger partial charge in [-0.3, -0.25) is 9.52 Å². The number of imidazole rings is 1. The van der Waals surface area contributed by atoms with E-state index in [-0.39, 0.29) is 10.9 Å². The fraction of sp³-hybridized carbons (Fsp3) is 0.0667. The molecule has 0 saturated heterocycles. The molecule has 0 amide bonds. The first-order valence-electron chi connectivity index (χ1n) is 6.66. The number of nitrogens with one attached hydrogen (secondary N) is 1. The van der Waals surface area contributed by atoms with Crippen LogP contribution in [0.25, 0.3) is 0 Å². The molecule has 0 aliphatic carbocycles. The van der Waals surface area contributed by atoms with E-state index in [0.29, 0.717) is 17.1 Å². The predicted molar refractivity (Wildman–Crippen MR) is 82.6 cm³/mol. The average Bonchev–Trinajstić information content (AvgIpc) is 3.18. The molecule has 3 rings (SSSR count). The Morgan fingerprint density at radius 1 is 1.22 bits per heavy atom. The van der Waals surface area contributed by atoms with Crippen LogP contribution >= 0.6 is 0 Å². The van der Waals surface area contributed by atoms with Gasteiger partial charge in [-0.25, -0.2) is 4.98 Å². The summed E-state index contributed by atoms with van der Waals surface area (Å²) in [4.78, 5) is 16.3. The zero-order valence-electron chi connectivity index (χ0n) is 12.1. The fourth-order valence-electron chi connectivity index (χ4n) is 2.02. The van der Waals surface area contributed by atoms with E-state index < -0.39 is 10.0 Å². The van der Waals surface area contributed by atoms with Crippen molar-refractivity contribution in [2.45, 2.75) is 5.09 Å². The topological polar surface area (TPSA) is 94.2 Å². The third-order valence-corrected chi connectivity index (χ3v) is 4.45. The van der Waals surface area contributed by atoms with Crippen LogP contribution in [0.4, 0.5) is 5.69 Å².